The van der Waals surface area contributed by atoms with Gasteiger partial charge in [0.25, 0.3) is 11.1 Å². The third-order valence-electron chi connectivity index (χ3n) is 5.05. The molecule has 1 saturated heterocycles. The Hall–Kier alpha value is -2.01. The molecule has 0 saturated carbocycles. The topological polar surface area (TPSA) is 55.8 Å². The standard InChI is InChI=1S/C26H20BrClINO4S/c1-2-33-22-12-18(11-21(27)24(22)34-15-17-3-7-19(28)8-4-17)13-23-25(31)30(26(32)35-23)14-16-5-9-20(29)10-6-16/h3-13H,2,14-15H2,1H3/b23-13-. The summed E-state index contributed by atoms with van der Waals surface area (Å²) < 4.78 is 13.6. The van der Waals surface area contributed by atoms with Crippen molar-refractivity contribution in [2.75, 3.05) is 6.61 Å². The minimum absolute atomic E-state index is 0.240. The van der Waals surface area contributed by atoms with Crippen molar-refractivity contribution in [1.82, 2.24) is 4.90 Å². The number of benzene rings is 3. The Morgan fingerprint density at radius 1 is 1.03 bits per heavy atom. The minimum Gasteiger partial charge on any atom is -0.490 e. The number of halogens is 3. The van der Waals surface area contributed by atoms with E-state index in [0.29, 0.717) is 39.1 Å². The van der Waals surface area contributed by atoms with Gasteiger partial charge in [-0.25, -0.2) is 0 Å². The summed E-state index contributed by atoms with van der Waals surface area (Å²) in [7, 11) is 0. The molecule has 1 aliphatic rings. The summed E-state index contributed by atoms with van der Waals surface area (Å²) in [6.45, 7) is 2.91. The number of amides is 2. The van der Waals surface area contributed by atoms with E-state index in [9.17, 15) is 9.59 Å². The van der Waals surface area contributed by atoms with Crippen LogP contribution in [0.2, 0.25) is 5.02 Å². The SMILES string of the molecule is CCOc1cc(/C=C2\SC(=O)N(Cc3ccc(I)cc3)C2=O)cc(Br)c1OCc1ccc(Cl)cc1. The Kier molecular flexibility index (Phi) is 8.80. The zero-order chi connectivity index (χ0) is 24.9. The highest BCUT2D eigenvalue weighted by Gasteiger charge is 2.35. The summed E-state index contributed by atoms with van der Waals surface area (Å²) in [5.41, 5.74) is 2.59. The van der Waals surface area contributed by atoms with Gasteiger partial charge in [-0.15, -0.1) is 0 Å². The number of hydrogen-bond donors (Lipinski definition) is 0. The highest BCUT2D eigenvalue weighted by atomic mass is 127. The average Bonchev–Trinajstić information content (AvgIpc) is 3.08. The molecule has 0 unspecified atom stereocenters. The molecule has 0 spiro atoms. The second-order valence-corrected chi connectivity index (χ2v) is 11.1. The van der Waals surface area contributed by atoms with Crippen molar-refractivity contribution in [3.05, 3.63) is 95.3 Å². The third-order valence-corrected chi connectivity index (χ3v) is 7.52. The molecule has 35 heavy (non-hydrogen) atoms. The Balaban J connectivity index is 1.54. The molecule has 1 heterocycles. The predicted molar refractivity (Wildman–Crippen MR) is 152 cm³/mol. The zero-order valence-corrected chi connectivity index (χ0v) is 23.9. The van der Waals surface area contributed by atoms with Gasteiger partial charge in [-0.05, 0) is 116 Å². The van der Waals surface area contributed by atoms with E-state index in [0.717, 1.165) is 32.0 Å². The average molecular weight is 685 g/mol. The van der Waals surface area contributed by atoms with E-state index in [1.165, 1.54) is 4.90 Å². The molecule has 0 bridgehead atoms. The van der Waals surface area contributed by atoms with Crippen LogP contribution in [0.3, 0.4) is 0 Å². The summed E-state index contributed by atoms with van der Waals surface area (Å²) in [4.78, 5) is 27.2. The van der Waals surface area contributed by atoms with Crippen molar-refractivity contribution in [3.63, 3.8) is 0 Å². The van der Waals surface area contributed by atoms with Crippen LogP contribution in [-0.2, 0) is 17.9 Å². The van der Waals surface area contributed by atoms with Gasteiger partial charge in [0.05, 0.1) is 22.5 Å². The van der Waals surface area contributed by atoms with Crippen molar-refractivity contribution in [1.29, 1.82) is 0 Å². The number of rotatable bonds is 8. The third kappa shape index (κ3) is 6.61. The number of ether oxygens (including phenoxy) is 2. The molecular formula is C26H20BrClINO4S. The molecule has 0 radical (unpaired) electrons. The molecule has 2 amide bonds. The molecule has 4 rings (SSSR count). The van der Waals surface area contributed by atoms with Gasteiger partial charge in [0.2, 0.25) is 0 Å². The fraction of sp³-hybridized carbons (Fsp3) is 0.154. The van der Waals surface area contributed by atoms with Crippen LogP contribution in [0.4, 0.5) is 4.79 Å². The van der Waals surface area contributed by atoms with Crippen LogP contribution in [0.1, 0.15) is 23.6 Å². The first-order chi connectivity index (χ1) is 16.8. The predicted octanol–water partition coefficient (Wildman–Crippen LogP) is 7.92. The summed E-state index contributed by atoms with van der Waals surface area (Å²) in [6.07, 6.45) is 1.70. The zero-order valence-electron chi connectivity index (χ0n) is 18.6. The van der Waals surface area contributed by atoms with Gasteiger partial charge in [-0.1, -0.05) is 35.9 Å². The Morgan fingerprint density at radius 3 is 2.40 bits per heavy atom. The Morgan fingerprint density at radius 2 is 1.71 bits per heavy atom. The molecule has 180 valence electrons. The molecule has 9 heteroatoms. The first-order valence-electron chi connectivity index (χ1n) is 10.7. The lowest BCUT2D eigenvalue weighted by atomic mass is 10.1. The molecule has 5 nitrogen and oxygen atoms in total. The largest absolute Gasteiger partial charge is 0.490 e. The second kappa shape index (κ2) is 11.8. The number of nitrogens with zero attached hydrogens (tertiary/aromatic N) is 1. The van der Waals surface area contributed by atoms with Crippen LogP contribution >= 0.6 is 61.9 Å². The summed E-state index contributed by atoms with van der Waals surface area (Å²) in [5.74, 6) is 0.793. The van der Waals surface area contributed by atoms with E-state index in [1.807, 2.05) is 61.5 Å². The fourth-order valence-electron chi connectivity index (χ4n) is 3.37. The molecule has 0 aliphatic carbocycles. The van der Waals surface area contributed by atoms with Crippen molar-refractivity contribution in [2.45, 2.75) is 20.1 Å². The molecule has 3 aromatic carbocycles. The van der Waals surface area contributed by atoms with Crippen LogP contribution < -0.4 is 9.47 Å². The van der Waals surface area contributed by atoms with Gasteiger partial charge < -0.3 is 9.47 Å². The molecule has 1 fully saturated rings. The maximum Gasteiger partial charge on any atom is 0.293 e. The Bertz CT molecular complexity index is 1280. The number of imide groups is 1. The number of carbonyl (C=O) groups is 2. The summed E-state index contributed by atoms with van der Waals surface area (Å²) in [6, 6.07) is 18.8. The smallest absolute Gasteiger partial charge is 0.293 e. The lowest BCUT2D eigenvalue weighted by Crippen LogP contribution is -2.27. The lowest BCUT2D eigenvalue weighted by molar-refractivity contribution is -0.123. The fourth-order valence-corrected chi connectivity index (χ4v) is 5.27. The van der Waals surface area contributed by atoms with Gasteiger partial charge in [-0.2, -0.15) is 0 Å². The minimum atomic E-state index is -0.310. The van der Waals surface area contributed by atoms with Crippen molar-refractivity contribution in [3.8, 4) is 11.5 Å². The van der Waals surface area contributed by atoms with Crippen LogP contribution in [-0.4, -0.2) is 22.7 Å². The Labute approximate surface area is 235 Å². The van der Waals surface area contributed by atoms with E-state index in [2.05, 4.69) is 38.5 Å². The number of thioether (sulfide) groups is 1. The van der Waals surface area contributed by atoms with Gasteiger partial charge in [0.1, 0.15) is 6.61 Å². The van der Waals surface area contributed by atoms with E-state index < -0.39 is 0 Å². The van der Waals surface area contributed by atoms with Crippen LogP contribution in [0, 0.1) is 3.57 Å². The second-order valence-electron chi connectivity index (χ2n) is 7.57. The highest BCUT2D eigenvalue weighted by molar-refractivity contribution is 14.1. The van der Waals surface area contributed by atoms with Crippen LogP contribution in [0.5, 0.6) is 11.5 Å². The van der Waals surface area contributed by atoms with Gasteiger partial charge >= 0.3 is 0 Å². The van der Waals surface area contributed by atoms with E-state index in [4.69, 9.17) is 21.1 Å². The van der Waals surface area contributed by atoms with E-state index in [-0.39, 0.29) is 17.7 Å². The maximum atomic E-state index is 13.0. The maximum absolute atomic E-state index is 13.0. The molecule has 1 aliphatic heterocycles. The molecule has 0 atom stereocenters. The lowest BCUT2D eigenvalue weighted by Gasteiger charge is -2.15. The first kappa shape index (κ1) is 26.1. The van der Waals surface area contributed by atoms with Gasteiger partial charge in [-0.3, -0.25) is 14.5 Å². The quantitative estimate of drug-likeness (QED) is 0.178. The van der Waals surface area contributed by atoms with Crippen LogP contribution in [0.25, 0.3) is 6.08 Å². The molecule has 0 aromatic heterocycles. The molecular weight excluding hydrogens is 665 g/mol. The summed E-state index contributed by atoms with van der Waals surface area (Å²) >= 11 is 12.7. The number of hydrogen-bond acceptors (Lipinski definition) is 5. The van der Waals surface area contributed by atoms with E-state index in [1.54, 1.807) is 12.1 Å². The number of carbonyl (C=O) groups excluding carboxylic acids is 2. The monoisotopic (exact) mass is 683 g/mol. The van der Waals surface area contributed by atoms with Crippen molar-refractivity contribution in [2.24, 2.45) is 0 Å². The highest BCUT2D eigenvalue weighted by Crippen LogP contribution is 2.40. The summed E-state index contributed by atoms with van der Waals surface area (Å²) in [5, 5.41) is 0.379. The molecule has 3 aromatic rings. The van der Waals surface area contributed by atoms with Crippen molar-refractivity contribution >= 4 is 79.1 Å². The van der Waals surface area contributed by atoms with Crippen molar-refractivity contribution < 1.29 is 19.1 Å². The van der Waals surface area contributed by atoms with Gasteiger partial charge in [0, 0.05) is 8.59 Å². The van der Waals surface area contributed by atoms with Crippen LogP contribution in [0.15, 0.2) is 70.0 Å². The van der Waals surface area contributed by atoms with E-state index >= 15 is 0 Å². The first-order valence-corrected chi connectivity index (χ1v) is 13.7. The van der Waals surface area contributed by atoms with Gasteiger partial charge in [0.15, 0.2) is 11.5 Å². The normalized spacial score (nSPS) is 14.6. The molecule has 0 N–H and O–H groups in total.